The van der Waals surface area contributed by atoms with Crippen LogP contribution < -0.4 is 14.8 Å². The number of esters is 1. The normalized spacial score (nSPS) is 19.9. The van der Waals surface area contributed by atoms with Gasteiger partial charge in [-0.1, -0.05) is 39.7 Å². The highest BCUT2D eigenvalue weighted by molar-refractivity contribution is 6.04. The summed E-state index contributed by atoms with van der Waals surface area (Å²) in [4.78, 5) is 26.6. The zero-order chi connectivity index (χ0) is 23.5. The minimum Gasteiger partial charge on any atom is -0.493 e. The van der Waals surface area contributed by atoms with Gasteiger partial charge < -0.3 is 19.5 Å². The number of nitrogens with one attached hydrogen (secondary N) is 1. The van der Waals surface area contributed by atoms with Gasteiger partial charge >= 0.3 is 5.97 Å². The van der Waals surface area contributed by atoms with E-state index in [1.165, 1.54) is 0 Å². The number of unbranched alkanes of at least 4 members (excludes halogenated alkanes) is 2. The molecular weight excluding hydrogens is 406 g/mol. The van der Waals surface area contributed by atoms with Crippen LogP contribution in [0.25, 0.3) is 0 Å². The highest BCUT2D eigenvalue weighted by Gasteiger charge is 2.43. The molecular formula is C26H35NO5. The van der Waals surface area contributed by atoms with Crippen molar-refractivity contribution in [3.05, 3.63) is 46.3 Å². The second-order valence-electron chi connectivity index (χ2n) is 9.39. The van der Waals surface area contributed by atoms with Crippen molar-refractivity contribution in [3.63, 3.8) is 0 Å². The molecule has 0 saturated heterocycles. The minimum absolute atomic E-state index is 0.0623. The lowest BCUT2D eigenvalue weighted by Gasteiger charge is -2.39. The Kier molecular flexibility index (Phi) is 7.32. The van der Waals surface area contributed by atoms with Crippen LogP contribution >= 0.6 is 0 Å². The number of carbonyl (C=O) groups excluding carboxylic acids is 2. The minimum atomic E-state index is -0.506. The van der Waals surface area contributed by atoms with Gasteiger partial charge in [-0.05, 0) is 42.9 Å². The van der Waals surface area contributed by atoms with Gasteiger partial charge in [-0.3, -0.25) is 4.79 Å². The Hall–Kier alpha value is -2.76. The molecule has 0 fully saturated rings. The highest BCUT2D eigenvalue weighted by Crippen LogP contribution is 2.47. The summed E-state index contributed by atoms with van der Waals surface area (Å²) < 4.78 is 16.5. The van der Waals surface area contributed by atoms with Crippen molar-refractivity contribution in [2.24, 2.45) is 5.41 Å². The van der Waals surface area contributed by atoms with Gasteiger partial charge in [-0.2, -0.15) is 0 Å². The predicted octanol–water partition coefficient (Wildman–Crippen LogP) is 5.04. The quantitative estimate of drug-likeness (QED) is 0.450. The molecule has 0 spiro atoms. The van der Waals surface area contributed by atoms with Crippen LogP contribution in [0.15, 0.2) is 40.7 Å². The van der Waals surface area contributed by atoms with Crippen LogP contribution in [0.5, 0.6) is 11.5 Å². The van der Waals surface area contributed by atoms with Gasteiger partial charge in [0.1, 0.15) is 0 Å². The van der Waals surface area contributed by atoms with Crippen molar-refractivity contribution in [3.8, 4) is 11.5 Å². The lowest BCUT2D eigenvalue weighted by atomic mass is 9.68. The highest BCUT2D eigenvalue weighted by atomic mass is 16.5. The number of ether oxygens (including phenoxy) is 3. The molecule has 32 heavy (non-hydrogen) atoms. The molecule has 1 aromatic rings. The Balaban J connectivity index is 2.08. The second-order valence-corrected chi connectivity index (χ2v) is 9.39. The van der Waals surface area contributed by atoms with Crippen molar-refractivity contribution in [2.45, 2.75) is 65.7 Å². The molecule has 6 nitrogen and oxygen atoms in total. The lowest BCUT2D eigenvalue weighted by molar-refractivity contribution is -0.139. The number of methoxy groups -OCH3 is 2. The van der Waals surface area contributed by atoms with Crippen LogP contribution in [-0.4, -0.2) is 32.6 Å². The summed E-state index contributed by atoms with van der Waals surface area (Å²) in [6, 6.07) is 5.56. The van der Waals surface area contributed by atoms with E-state index in [0.29, 0.717) is 35.7 Å². The summed E-state index contributed by atoms with van der Waals surface area (Å²) in [6.07, 6.45) is 4.06. The van der Waals surface area contributed by atoms with Gasteiger partial charge in [-0.15, -0.1) is 0 Å². The number of hydrogen-bond acceptors (Lipinski definition) is 6. The standard InChI is InChI=1S/C26H35NO5/c1-7-8-9-12-32-25(29)22-16(2)27-18-14-26(3,4)15-19(28)24(18)23(22)17-10-11-20(30-5)21(13-17)31-6/h10-11,13,23,27H,7-9,12,14-15H2,1-6H3. The topological polar surface area (TPSA) is 73.9 Å². The van der Waals surface area contributed by atoms with Crippen molar-refractivity contribution in [1.82, 2.24) is 5.32 Å². The van der Waals surface area contributed by atoms with Crippen LogP contribution in [-0.2, 0) is 14.3 Å². The summed E-state index contributed by atoms with van der Waals surface area (Å²) >= 11 is 0. The summed E-state index contributed by atoms with van der Waals surface area (Å²) in [5.74, 6) is 0.332. The van der Waals surface area contributed by atoms with E-state index in [0.717, 1.165) is 42.6 Å². The molecule has 1 heterocycles. The SMILES string of the molecule is CCCCCOC(=O)C1=C(C)NC2=C(C(=O)CC(C)(C)C2)C1c1ccc(OC)c(OC)c1. The maximum Gasteiger partial charge on any atom is 0.336 e. The van der Waals surface area contributed by atoms with E-state index in [1.807, 2.05) is 25.1 Å². The molecule has 6 heteroatoms. The second kappa shape index (κ2) is 9.80. The fourth-order valence-corrected chi connectivity index (χ4v) is 4.67. The summed E-state index contributed by atoms with van der Waals surface area (Å²) in [5.41, 5.74) is 3.44. The Morgan fingerprint density at radius 1 is 1.12 bits per heavy atom. The smallest absolute Gasteiger partial charge is 0.336 e. The van der Waals surface area contributed by atoms with E-state index in [1.54, 1.807) is 14.2 Å². The molecule has 1 aromatic carbocycles. The molecule has 1 unspecified atom stereocenters. The molecule has 1 aliphatic carbocycles. The van der Waals surface area contributed by atoms with E-state index in [-0.39, 0.29) is 17.2 Å². The number of ketones is 1. The third-order valence-corrected chi connectivity index (χ3v) is 6.18. The molecule has 1 atom stereocenters. The molecule has 174 valence electrons. The lowest BCUT2D eigenvalue weighted by Crippen LogP contribution is -2.38. The van der Waals surface area contributed by atoms with Gasteiger partial charge in [0.2, 0.25) is 0 Å². The van der Waals surface area contributed by atoms with Crippen molar-refractivity contribution >= 4 is 11.8 Å². The van der Waals surface area contributed by atoms with E-state index >= 15 is 0 Å². The summed E-state index contributed by atoms with van der Waals surface area (Å²) in [5, 5.41) is 3.37. The number of carbonyl (C=O) groups is 2. The van der Waals surface area contributed by atoms with Crippen LogP contribution in [0.2, 0.25) is 0 Å². The molecule has 1 aliphatic heterocycles. The van der Waals surface area contributed by atoms with Crippen LogP contribution in [0, 0.1) is 5.41 Å². The van der Waals surface area contributed by atoms with Crippen LogP contribution in [0.3, 0.4) is 0 Å². The first-order valence-electron chi connectivity index (χ1n) is 11.4. The Morgan fingerprint density at radius 3 is 2.50 bits per heavy atom. The van der Waals surface area contributed by atoms with Gasteiger partial charge in [0.15, 0.2) is 17.3 Å². The van der Waals surface area contributed by atoms with E-state index in [4.69, 9.17) is 14.2 Å². The molecule has 2 aliphatic rings. The predicted molar refractivity (Wildman–Crippen MR) is 124 cm³/mol. The third kappa shape index (κ3) is 4.84. The number of allylic oxidation sites excluding steroid dienone is 3. The number of hydrogen-bond donors (Lipinski definition) is 1. The van der Waals surface area contributed by atoms with Crippen molar-refractivity contribution in [2.75, 3.05) is 20.8 Å². The van der Waals surface area contributed by atoms with Gasteiger partial charge in [-0.25, -0.2) is 4.79 Å². The van der Waals surface area contributed by atoms with E-state index < -0.39 is 5.92 Å². The van der Waals surface area contributed by atoms with E-state index in [9.17, 15) is 9.59 Å². The largest absolute Gasteiger partial charge is 0.493 e. The Bertz CT molecular complexity index is 957. The molecule has 3 rings (SSSR count). The number of rotatable bonds is 8. The zero-order valence-corrected chi connectivity index (χ0v) is 20.1. The molecule has 1 N–H and O–H groups in total. The summed E-state index contributed by atoms with van der Waals surface area (Å²) in [7, 11) is 3.16. The maximum absolute atomic E-state index is 13.4. The third-order valence-electron chi connectivity index (χ3n) is 6.18. The molecule has 0 amide bonds. The zero-order valence-electron chi connectivity index (χ0n) is 20.1. The first-order valence-corrected chi connectivity index (χ1v) is 11.4. The van der Waals surface area contributed by atoms with Crippen molar-refractivity contribution < 1.29 is 23.8 Å². The monoisotopic (exact) mass is 441 g/mol. The number of Topliss-reactive ketones (excluding diaryl/α,β-unsaturated/α-hetero) is 1. The first kappa shape index (κ1) is 23.9. The molecule has 0 bridgehead atoms. The Morgan fingerprint density at radius 2 is 1.84 bits per heavy atom. The van der Waals surface area contributed by atoms with Crippen LogP contribution in [0.4, 0.5) is 0 Å². The van der Waals surface area contributed by atoms with Gasteiger partial charge in [0.25, 0.3) is 0 Å². The summed E-state index contributed by atoms with van der Waals surface area (Å²) in [6.45, 7) is 8.55. The molecule has 0 saturated carbocycles. The van der Waals surface area contributed by atoms with Gasteiger partial charge in [0, 0.05) is 29.3 Å². The van der Waals surface area contributed by atoms with Crippen molar-refractivity contribution in [1.29, 1.82) is 0 Å². The molecule has 0 aromatic heterocycles. The van der Waals surface area contributed by atoms with Crippen LogP contribution in [0.1, 0.15) is 71.3 Å². The average Bonchev–Trinajstić information content (AvgIpc) is 2.74. The number of dihydropyridines is 1. The fraction of sp³-hybridized carbons (Fsp3) is 0.538. The van der Waals surface area contributed by atoms with E-state index in [2.05, 4.69) is 26.1 Å². The Labute approximate surface area is 191 Å². The average molecular weight is 442 g/mol. The fourth-order valence-electron chi connectivity index (χ4n) is 4.67. The maximum atomic E-state index is 13.4. The number of benzene rings is 1. The van der Waals surface area contributed by atoms with Gasteiger partial charge in [0.05, 0.1) is 26.4 Å². The first-order chi connectivity index (χ1) is 15.2. The molecule has 0 radical (unpaired) electrons.